The van der Waals surface area contributed by atoms with Crippen LogP contribution in [0.1, 0.15) is 18.4 Å². The minimum absolute atomic E-state index is 0.143. The van der Waals surface area contributed by atoms with Crippen LogP contribution in [-0.2, 0) is 15.1 Å². The van der Waals surface area contributed by atoms with E-state index in [0.717, 1.165) is 0 Å². The molecule has 1 N–H and O–H groups in total. The highest BCUT2D eigenvalue weighted by atomic mass is 19.1. The second-order valence-corrected chi connectivity index (χ2v) is 4.92. The van der Waals surface area contributed by atoms with E-state index in [1.165, 1.54) is 25.1 Å². The Morgan fingerprint density at radius 2 is 2.05 bits per heavy atom. The van der Waals surface area contributed by atoms with Gasteiger partial charge in [0.15, 0.2) is 0 Å². The normalized spacial score (nSPS) is 15.3. The van der Waals surface area contributed by atoms with Gasteiger partial charge in [-0.15, -0.1) is 0 Å². The number of esters is 1. The van der Waals surface area contributed by atoms with Crippen LogP contribution in [0.4, 0.5) is 9.18 Å². The number of rotatable bonds is 4. The second-order valence-electron chi connectivity index (χ2n) is 4.92. The van der Waals surface area contributed by atoms with Crippen LogP contribution >= 0.6 is 0 Å². The summed E-state index contributed by atoms with van der Waals surface area (Å²) in [5.74, 6) is -0.834. The predicted molar refractivity (Wildman–Crippen MR) is 70.5 cm³/mol. The minimum atomic E-state index is -0.646. The van der Waals surface area contributed by atoms with E-state index in [1.54, 1.807) is 18.2 Å². The molecule has 2 amide bonds. The maximum Gasteiger partial charge on any atom is 0.325 e. The maximum atomic E-state index is 13.8. The monoisotopic (exact) mass is 280 g/mol. The van der Waals surface area contributed by atoms with E-state index in [0.29, 0.717) is 18.4 Å². The Kier molecular flexibility index (Phi) is 3.92. The first-order chi connectivity index (χ1) is 9.48. The number of carbonyl (C=O) groups excluding carboxylic acids is 2. The van der Waals surface area contributed by atoms with Crippen LogP contribution in [0.25, 0.3) is 0 Å². The van der Waals surface area contributed by atoms with Gasteiger partial charge >= 0.3 is 12.0 Å². The zero-order chi connectivity index (χ0) is 14.8. The molecule has 0 bridgehead atoms. The zero-order valence-corrected chi connectivity index (χ0v) is 11.5. The maximum absolute atomic E-state index is 13.8. The van der Waals surface area contributed by atoms with Crippen molar-refractivity contribution in [1.29, 1.82) is 0 Å². The number of likely N-dealkylation sites (N-methyl/N-ethyl adjacent to an activating group) is 1. The van der Waals surface area contributed by atoms with E-state index in [1.807, 2.05) is 0 Å². The molecule has 0 spiro atoms. The Morgan fingerprint density at radius 1 is 1.40 bits per heavy atom. The molecule has 5 nitrogen and oxygen atoms in total. The lowest BCUT2D eigenvalue weighted by atomic mass is 10.0. The Bertz CT molecular complexity index is 529. The number of hydrogen-bond donors (Lipinski definition) is 1. The Balaban J connectivity index is 2.04. The molecule has 0 radical (unpaired) electrons. The Morgan fingerprint density at radius 3 is 2.60 bits per heavy atom. The summed E-state index contributed by atoms with van der Waals surface area (Å²) in [6.45, 7) is -0.143. The number of nitrogens with one attached hydrogen (secondary N) is 1. The molecule has 0 unspecified atom stereocenters. The largest absolute Gasteiger partial charge is 0.468 e. The predicted octanol–water partition coefficient (Wildman–Crippen LogP) is 1.63. The minimum Gasteiger partial charge on any atom is -0.468 e. The van der Waals surface area contributed by atoms with Gasteiger partial charge in [0.05, 0.1) is 12.6 Å². The molecule has 0 heterocycles. The average molecular weight is 280 g/mol. The topological polar surface area (TPSA) is 58.6 Å². The van der Waals surface area contributed by atoms with E-state index < -0.39 is 17.5 Å². The Labute approximate surface area is 116 Å². The third kappa shape index (κ3) is 2.89. The molecule has 108 valence electrons. The highest BCUT2D eigenvalue weighted by Gasteiger charge is 2.47. The van der Waals surface area contributed by atoms with Crippen LogP contribution in [0.3, 0.4) is 0 Å². The summed E-state index contributed by atoms with van der Waals surface area (Å²) in [7, 11) is 2.75. The lowest BCUT2D eigenvalue weighted by Gasteiger charge is -2.23. The van der Waals surface area contributed by atoms with Gasteiger partial charge in [0.1, 0.15) is 12.4 Å². The average Bonchev–Trinajstić information content (AvgIpc) is 3.19. The lowest BCUT2D eigenvalue weighted by molar-refractivity contribution is -0.141. The van der Waals surface area contributed by atoms with Crippen molar-refractivity contribution in [2.24, 2.45) is 0 Å². The van der Waals surface area contributed by atoms with Crippen LogP contribution in [0.5, 0.6) is 0 Å². The summed E-state index contributed by atoms with van der Waals surface area (Å²) in [5.41, 5.74) is -0.160. The summed E-state index contributed by atoms with van der Waals surface area (Å²) in [6.07, 6.45) is 1.37. The molecular formula is C14H17FN2O3. The summed E-state index contributed by atoms with van der Waals surface area (Å²) < 4.78 is 18.3. The fraction of sp³-hybridized carbons (Fsp3) is 0.429. The number of carbonyl (C=O) groups is 2. The molecule has 6 heteroatoms. The molecule has 1 aliphatic carbocycles. The fourth-order valence-electron chi connectivity index (χ4n) is 2.07. The van der Waals surface area contributed by atoms with Crippen LogP contribution in [0.2, 0.25) is 0 Å². The van der Waals surface area contributed by atoms with Crippen molar-refractivity contribution in [3.8, 4) is 0 Å². The van der Waals surface area contributed by atoms with Gasteiger partial charge in [0.2, 0.25) is 0 Å². The summed E-state index contributed by atoms with van der Waals surface area (Å²) in [6, 6.07) is 5.97. The van der Waals surface area contributed by atoms with E-state index in [4.69, 9.17) is 0 Å². The van der Waals surface area contributed by atoms with Crippen molar-refractivity contribution >= 4 is 12.0 Å². The highest BCUT2D eigenvalue weighted by Crippen LogP contribution is 2.46. The van der Waals surface area contributed by atoms with E-state index in [-0.39, 0.29) is 12.4 Å². The van der Waals surface area contributed by atoms with Gasteiger partial charge < -0.3 is 15.0 Å². The second kappa shape index (κ2) is 5.48. The third-order valence-electron chi connectivity index (χ3n) is 3.43. The molecule has 0 aliphatic heterocycles. The van der Waals surface area contributed by atoms with Crippen molar-refractivity contribution < 1.29 is 18.7 Å². The van der Waals surface area contributed by atoms with Crippen LogP contribution in [-0.4, -0.2) is 37.6 Å². The molecule has 1 aliphatic rings. The Hall–Kier alpha value is -2.11. The van der Waals surface area contributed by atoms with Crippen molar-refractivity contribution in [2.75, 3.05) is 20.7 Å². The van der Waals surface area contributed by atoms with Crippen molar-refractivity contribution in [2.45, 2.75) is 18.4 Å². The highest BCUT2D eigenvalue weighted by molar-refractivity contribution is 5.81. The number of hydrogen-bond acceptors (Lipinski definition) is 3. The molecule has 2 rings (SSSR count). The third-order valence-corrected chi connectivity index (χ3v) is 3.43. The number of amides is 2. The van der Waals surface area contributed by atoms with Gasteiger partial charge in [-0.3, -0.25) is 4.79 Å². The standard InChI is InChI=1S/C14H17FN2O3/c1-17(9-12(18)20-2)13(19)16-14(7-8-14)10-5-3-4-6-11(10)15/h3-6H,7-9H2,1-2H3,(H,16,19). The van der Waals surface area contributed by atoms with Gasteiger partial charge in [-0.1, -0.05) is 18.2 Å². The quantitative estimate of drug-likeness (QED) is 0.853. The summed E-state index contributed by atoms with van der Waals surface area (Å²) in [4.78, 5) is 24.4. The number of nitrogens with zero attached hydrogens (tertiary/aromatic N) is 1. The van der Waals surface area contributed by atoms with Gasteiger partial charge in [-0.25, -0.2) is 9.18 Å². The number of ether oxygens (including phenoxy) is 1. The van der Waals surface area contributed by atoms with Gasteiger partial charge in [0.25, 0.3) is 0 Å². The van der Waals surface area contributed by atoms with E-state index >= 15 is 0 Å². The molecule has 1 aromatic carbocycles. The molecule has 0 atom stereocenters. The molecule has 1 aromatic rings. The van der Waals surface area contributed by atoms with Gasteiger partial charge in [-0.2, -0.15) is 0 Å². The number of halogens is 1. The van der Waals surface area contributed by atoms with Crippen molar-refractivity contribution in [3.63, 3.8) is 0 Å². The molecular weight excluding hydrogens is 263 g/mol. The molecule has 1 fully saturated rings. The van der Waals surface area contributed by atoms with Gasteiger partial charge in [0, 0.05) is 12.6 Å². The molecule has 0 saturated heterocycles. The van der Waals surface area contributed by atoms with Crippen molar-refractivity contribution in [3.05, 3.63) is 35.6 Å². The zero-order valence-electron chi connectivity index (χ0n) is 11.5. The van der Waals surface area contributed by atoms with Crippen LogP contribution in [0, 0.1) is 5.82 Å². The number of benzene rings is 1. The first kappa shape index (κ1) is 14.3. The number of methoxy groups -OCH3 is 1. The lowest BCUT2D eigenvalue weighted by Crippen LogP contribution is -2.45. The van der Waals surface area contributed by atoms with Crippen LogP contribution in [0.15, 0.2) is 24.3 Å². The first-order valence-corrected chi connectivity index (χ1v) is 6.33. The van der Waals surface area contributed by atoms with E-state index in [9.17, 15) is 14.0 Å². The first-order valence-electron chi connectivity index (χ1n) is 6.33. The summed E-state index contributed by atoms with van der Waals surface area (Å²) >= 11 is 0. The van der Waals surface area contributed by atoms with Crippen LogP contribution < -0.4 is 5.32 Å². The van der Waals surface area contributed by atoms with Gasteiger partial charge in [-0.05, 0) is 18.9 Å². The molecule has 20 heavy (non-hydrogen) atoms. The smallest absolute Gasteiger partial charge is 0.325 e. The summed E-state index contributed by atoms with van der Waals surface area (Å²) in [5, 5.41) is 2.79. The fourth-order valence-corrected chi connectivity index (χ4v) is 2.07. The SMILES string of the molecule is COC(=O)CN(C)C(=O)NC1(c2ccccc2F)CC1. The number of urea groups is 1. The van der Waals surface area contributed by atoms with E-state index in [2.05, 4.69) is 10.1 Å². The molecule has 1 saturated carbocycles. The van der Waals surface area contributed by atoms with Crippen molar-refractivity contribution in [1.82, 2.24) is 10.2 Å². The molecule has 0 aromatic heterocycles.